The van der Waals surface area contributed by atoms with Gasteiger partial charge in [0.25, 0.3) is 0 Å². The molecule has 106 valence electrons. The number of nitrogens with zero attached hydrogens (tertiary/aromatic N) is 3. The maximum Gasteiger partial charge on any atom is 0.311 e. The minimum Gasteiger partial charge on any atom is -0.371 e. The van der Waals surface area contributed by atoms with Gasteiger partial charge in [0.05, 0.1) is 21.6 Å². The number of nitro groups is 1. The van der Waals surface area contributed by atoms with Crippen LogP contribution in [0.1, 0.15) is 31.2 Å². The molecule has 0 spiro atoms. The highest BCUT2D eigenvalue weighted by molar-refractivity contribution is 9.10. The summed E-state index contributed by atoms with van der Waals surface area (Å²) >= 11 is 3.24. The lowest BCUT2D eigenvalue weighted by molar-refractivity contribution is -0.384. The van der Waals surface area contributed by atoms with E-state index in [1.165, 1.54) is 12.4 Å². The van der Waals surface area contributed by atoms with Gasteiger partial charge in [-0.15, -0.1) is 0 Å². The maximum absolute atomic E-state index is 10.9. The zero-order valence-electron chi connectivity index (χ0n) is 11.0. The Labute approximate surface area is 123 Å². The van der Waals surface area contributed by atoms with Crippen LogP contribution in [0.2, 0.25) is 0 Å². The van der Waals surface area contributed by atoms with Gasteiger partial charge in [-0.2, -0.15) is 0 Å². The highest BCUT2D eigenvalue weighted by Crippen LogP contribution is 2.31. The SMILES string of the molecule is CC(C)c1cc(CNc2c(Br)cncc2[N+](=O)[O-])on1. The molecule has 0 bridgehead atoms. The van der Waals surface area contributed by atoms with Crippen LogP contribution in [0, 0.1) is 10.1 Å². The van der Waals surface area contributed by atoms with Crippen LogP contribution in [-0.4, -0.2) is 15.1 Å². The van der Waals surface area contributed by atoms with E-state index in [2.05, 4.69) is 31.4 Å². The lowest BCUT2D eigenvalue weighted by Crippen LogP contribution is -2.03. The summed E-state index contributed by atoms with van der Waals surface area (Å²) in [6.07, 6.45) is 2.70. The molecular weight excluding hydrogens is 328 g/mol. The molecule has 1 N–H and O–H groups in total. The van der Waals surface area contributed by atoms with Crippen molar-refractivity contribution in [2.24, 2.45) is 0 Å². The minimum atomic E-state index is -0.486. The fourth-order valence-corrected chi connectivity index (χ4v) is 2.06. The van der Waals surface area contributed by atoms with E-state index in [4.69, 9.17) is 4.52 Å². The number of hydrogen-bond acceptors (Lipinski definition) is 6. The Morgan fingerprint density at radius 3 is 2.85 bits per heavy atom. The summed E-state index contributed by atoms with van der Waals surface area (Å²) in [5.74, 6) is 0.890. The van der Waals surface area contributed by atoms with Crippen LogP contribution in [0.5, 0.6) is 0 Å². The van der Waals surface area contributed by atoms with E-state index < -0.39 is 4.92 Å². The van der Waals surface area contributed by atoms with Gasteiger partial charge < -0.3 is 9.84 Å². The van der Waals surface area contributed by atoms with Crippen LogP contribution < -0.4 is 5.32 Å². The molecule has 2 aromatic heterocycles. The molecule has 0 fully saturated rings. The number of anilines is 1. The molecule has 2 rings (SSSR count). The standard InChI is InChI=1S/C12H13BrN4O3/c1-7(2)10-3-8(20-16-10)4-15-12-9(13)5-14-6-11(12)17(18)19/h3,5-7H,4H2,1-2H3,(H,14,15). The van der Waals surface area contributed by atoms with Crippen molar-refractivity contribution in [1.82, 2.24) is 10.1 Å². The quantitative estimate of drug-likeness (QED) is 0.661. The minimum absolute atomic E-state index is 0.0945. The lowest BCUT2D eigenvalue weighted by Gasteiger charge is -2.06. The molecule has 0 aliphatic carbocycles. The van der Waals surface area contributed by atoms with Gasteiger partial charge in [-0.25, -0.2) is 0 Å². The first-order chi connectivity index (χ1) is 9.49. The molecule has 20 heavy (non-hydrogen) atoms. The highest BCUT2D eigenvalue weighted by Gasteiger charge is 2.17. The van der Waals surface area contributed by atoms with Crippen molar-refractivity contribution < 1.29 is 9.45 Å². The third-order valence-electron chi connectivity index (χ3n) is 2.68. The number of pyridine rings is 1. The van der Waals surface area contributed by atoms with Gasteiger partial charge in [-0.1, -0.05) is 19.0 Å². The number of aromatic nitrogens is 2. The summed E-state index contributed by atoms with van der Waals surface area (Å²) in [5, 5.41) is 17.9. The molecule has 0 aromatic carbocycles. The Bertz CT molecular complexity index is 627. The molecule has 0 radical (unpaired) electrons. The first kappa shape index (κ1) is 14.4. The smallest absolute Gasteiger partial charge is 0.311 e. The van der Waals surface area contributed by atoms with Crippen molar-refractivity contribution in [3.8, 4) is 0 Å². The Kier molecular flexibility index (Phi) is 4.33. The van der Waals surface area contributed by atoms with E-state index >= 15 is 0 Å². The zero-order chi connectivity index (χ0) is 14.7. The predicted octanol–water partition coefficient (Wildman–Crippen LogP) is 3.48. The average molecular weight is 341 g/mol. The maximum atomic E-state index is 10.9. The van der Waals surface area contributed by atoms with Crippen LogP contribution >= 0.6 is 15.9 Å². The van der Waals surface area contributed by atoms with Gasteiger partial charge >= 0.3 is 5.69 Å². The lowest BCUT2D eigenvalue weighted by atomic mass is 10.1. The molecule has 0 saturated heterocycles. The number of hydrogen-bond donors (Lipinski definition) is 1. The van der Waals surface area contributed by atoms with Crippen LogP contribution in [-0.2, 0) is 6.54 Å². The average Bonchev–Trinajstić information content (AvgIpc) is 2.86. The van der Waals surface area contributed by atoms with Crippen molar-refractivity contribution in [2.75, 3.05) is 5.32 Å². The number of halogens is 1. The molecule has 0 atom stereocenters. The Hall–Kier alpha value is -1.96. The zero-order valence-corrected chi connectivity index (χ0v) is 12.5. The van der Waals surface area contributed by atoms with E-state index in [0.29, 0.717) is 22.5 Å². The van der Waals surface area contributed by atoms with Crippen molar-refractivity contribution in [1.29, 1.82) is 0 Å². The predicted molar refractivity (Wildman–Crippen MR) is 76.5 cm³/mol. The second kappa shape index (κ2) is 6.00. The Balaban J connectivity index is 2.16. The van der Waals surface area contributed by atoms with E-state index in [0.717, 1.165) is 5.69 Å². The molecule has 0 saturated carbocycles. The molecule has 2 heterocycles. The fraction of sp³-hybridized carbons (Fsp3) is 0.333. The highest BCUT2D eigenvalue weighted by atomic mass is 79.9. The van der Waals surface area contributed by atoms with Gasteiger partial charge in [-0.3, -0.25) is 15.1 Å². The number of nitrogens with one attached hydrogen (secondary N) is 1. The van der Waals surface area contributed by atoms with E-state index in [1.807, 2.05) is 19.9 Å². The first-order valence-electron chi connectivity index (χ1n) is 5.96. The number of rotatable bonds is 5. The molecule has 0 unspecified atom stereocenters. The van der Waals surface area contributed by atoms with E-state index in [9.17, 15) is 10.1 Å². The van der Waals surface area contributed by atoms with Crippen LogP contribution in [0.3, 0.4) is 0 Å². The Morgan fingerprint density at radius 1 is 1.50 bits per heavy atom. The summed E-state index contributed by atoms with van der Waals surface area (Å²) < 4.78 is 5.70. The third-order valence-corrected chi connectivity index (χ3v) is 3.29. The van der Waals surface area contributed by atoms with Crippen molar-refractivity contribution >= 4 is 27.3 Å². The summed E-state index contributed by atoms with van der Waals surface area (Å²) in [5.41, 5.74) is 1.13. The largest absolute Gasteiger partial charge is 0.371 e. The summed E-state index contributed by atoms with van der Waals surface area (Å²) in [6, 6.07) is 1.83. The summed E-state index contributed by atoms with van der Waals surface area (Å²) in [4.78, 5) is 14.2. The molecule has 0 aliphatic rings. The van der Waals surface area contributed by atoms with Crippen molar-refractivity contribution in [3.05, 3.63) is 44.5 Å². The molecular formula is C12H13BrN4O3. The molecule has 0 amide bonds. The first-order valence-corrected chi connectivity index (χ1v) is 6.75. The van der Waals surface area contributed by atoms with Crippen LogP contribution in [0.25, 0.3) is 0 Å². The van der Waals surface area contributed by atoms with E-state index in [-0.39, 0.29) is 11.6 Å². The molecule has 7 nitrogen and oxygen atoms in total. The fourth-order valence-electron chi connectivity index (χ4n) is 1.60. The van der Waals surface area contributed by atoms with Crippen molar-refractivity contribution in [2.45, 2.75) is 26.3 Å². The third kappa shape index (κ3) is 3.13. The second-order valence-corrected chi connectivity index (χ2v) is 5.35. The summed E-state index contributed by atoms with van der Waals surface area (Å²) in [7, 11) is 0. The normalized spacial score (nSPS) is 10.8. The van der Waals surface area contributed by atoms with Gasteiger partial charge in [0.15, 0.2) is 5.76 Å². The van der Waals surface area contributed by atoms with E-state index in [1.54, 1.807) is 0 Å². The van der Waals surface area contributed by atoms with Crippen molar-refractivity contribution in [3.63, 3.8) is 0 Å². The van der Waals surface area contributed by atoms with Crippen LogP contribution in [0.15, 0.2) is 27.5 Å². The van der Waals surface area contributed by atoms with Gasteiger partial charge in [0.1, 0.15) is 11.9 Å². The molecule has 0 aliphatic heterocycles. The molecule has 2 aromatic rings. The van der Waals surface area contributed by atoms with Gasteiger partial charge in [-0.05, 0) is 21.8 Å². The summed E-state index contributed by atoms with van der Waals surface area (Å²) in [6.45, 7) is 4.34. The molecule has 8 heteroatoms. The topological polar surface area (TPSA) is 94.1 Å². The van der Waals surface area contributed by atoms with Gasteiger partial charge in [0, 0.05) is 12.3 Å². The Morgan fingerprint density at radius 2 is 2.25 bits per heavy atom. The van der Waals surface area contributed by atoms with Crippen LogP contribution in [0.4, 0.5) is 11.4 Å². The second-order valence-electron chi connectivity index (χ2n) is 4.50. The monoisotopic (exact) mass is 340 g/mol. The van der Waals surface area contributed by atoms with Gasteiger partial charge in [0.2, 0.25) is 0 Å².